The minimum Gasteiger partial charge on any atom is -0.490 e. The smallest absolute Gasteiger partial charge is 0.490 e. The molecule has 0 heterocycles. The molecule has 0 aliphatic heterocycles. The van der Waals surface area contributed by atoms with Crippen molar-refractivity contribution >= 4 is 13.0 Å². The summed E-state index contributed by atoms with van der Waals surface area (Å²) >= 11 is 0. The maximum atomic E-state index is 13.9. The molecule has 4 aromatic carbocycles. The number of alkyl halides is 12. The van der Waals surface area contributed by atoms with E-state index < -0.39 is 54.3 Å². The molecular weight excluding hydrogens is 829 g/mol. The number of hydrogen-bond donors (Lipinski definition) is 1. The summed E-state index contributed by atoms with van der Waals surface area (Å²) in [7, 11) is -1.81. The van der Waals surface area contributed by atoms with Crippen molar-refractivity contribution in [2.24, 2.45) is 0 Å². The van der Waals surface area contributed by atoms with Crippen molar-refractivity contribution in [2.45, 2.75) is 116 Å². The van der Waals surface area contributed by atoms with Crippen molar-refractivity contribution in [1.82, 2.24) is 0 Å². The molecule has 0 bridgehead atoms. The molecule has 4 rings (SSSR count). The molecule has 0 radical (unpaired) electrons. The van der Waals surface area contributed by atoms with Gasteiger partial charge in [-0.25, -0.2) is 0 Å². The topological polar surface area (TPSA) is 32.1 Å². The summed E-state index contributed by atoms with van der Waals surface area (Å²) in [6.45, 7) is 5.06. The van der Waals surface area contributed by atoms with Gasteiger partial charge in [0.2, 0.25) is 0 Å². The Hall–Kier alpha value is -4.54. The maximum absolute atomic E-state index is 13.9. The molecule has 0 aliphatic rings. The highest BCUT2D eigenvalue weighted by molar-refractivity contribution is 6.39. The minimum atomic E-state index is -4.66. The zero-order valence-corrected chi connectivity index (χ0v) is 33.9. The third-order valence-corrected chi connectivity index (χ3v) is 9.42. The summed E-state index contributed by atoms with van der Waals surface area (Å²) in [5, 5.41) is 0. The molecule has 0 saturated carbocycles. The van der Waals surface area contributed by atoms with Crippen LogP contribution in [0.3, 0.4) is 0 Å². The van der Waals surface area contributed by atoms with Gasteiger partial charge in [0.1, 0.15) is 11.5 Å². The molecule has 0 amide bonds. The second kappa shape index (κ2) is 24.2. The molecule has 0 spiro atoms. The van der Waals surface area contributed by atoms with Crippen LogP contribution in [0.15, 0.2) is 91.0 Å². The first-order chi connectivity index (χ1) is 28.7. The van der Waals surface area contributed by atoms with Crippen LogP contribution in [0.4, 0.5) is 58.4 Å². The number of unbranched alkanes of at least 4 members (excludes halogenated alkanes) is 10. The van der Waals surface area contributed by atoms with Crippen molar-refractivity contribution in [1.29, 1.82) is 0 Å². The molecule has 0 aliphatic carbocycles. The van der Waals surface area contributed by atoms with Gasteiger partial charge in [-0.15, -0.1) is 0 Å². The normalized spacial score (nSPS) is 12.6. The molecule has 0 aromatic heterocycles. The third-order valence-electron chi connectivity index (χ3n) is 9.42. The maximum Gasteiger partial charge on any atom is 0.864 e. The van der Waals surface area contributed by atoms with E-state index in [9.17, 15) is 52.7 Å². The van der Waals surface area contributed by atoms with Crippen molar-refractivity contribution in [2.75, 3.05) is 13.1 Å². The highest BCUT2D eigenvalue weighted by atomic mass is 19.4. The summed E-state index contributed by atoms with van der Waals surface area (Å²) in [5.74, 6) is -0.336. The first kappa shape index (κ1) is 50.8. The molecule has 336 valence electrons. The van der Waals surface area contributed by atoms with Gasteiger partial charge in [-0.1, -0.05) is 77.2 Å². The summed E-state index contributed by atoms with van der Waals surface area (Å²) in [6, 6.07) is 16.9. The zero-order valence-electron chi connectivity index (χ0n) is 33.9. The summed E-state index contributed by atoms with van der Waals surface area (Å²) in [4.78, 5) is 0.720. The van der Waals surface area contributed by atoms with Crippen molar-refractivity contribution in [3.63, 3.8) is 0 Å². The Morgan fingerprint density at radius 1 is 0.443 bits per heavy atom. The fourth-order valence-corrected chi connectivity index (χ4v) is 6.20. The lowest BCUT2D eigenvalue weighted by Gasteiger charge is -2.24. The van der Waals surface area contributed by atoms with Crippen LogP contribution in [0.5, 0.6) is 17.2 Å². The number of rotatable bonds is 21. The van der Waals surface area contributed by atoms with Crippen LogP contribution in [-0.4, -0.2) is 20.4 Å². The highest BCUT2D eigenvalue weighted by Crippen LogP contribution is 2.36. The fraction of sp³-hybridized carbons (Fsp3) is 0.455. The number of halogens is 12. The highest BCUT2D eigenvalue weighted by Gasteiger charge is 2.38. The molecule has 1 unspecified atom stereocenters. The average molecular weight is 880 g/mol. The molecule has 4 aromatic rings. The largest absolute Gasteiger partial charge is 0.864 e. The summed E-state index contributed by atoms with van der Waals surface area (Å²) in [5.41, 5.74) is -3.27. The second-order valence-corrected chi connectivity index (χ2v) is 14.3. The van der Waals surface area contributed by atoms with E-state index in [2.05, 4.69) is 13.0 Å². The standard InChI is InChI=1S/C37H45BF9NO3.C7H4F3/c1-3-5-6-7-8-9-10-11-12-13-14-26-48(25-4-2)33-27-30(37(45,46)47)19-24-34(33)51-38(49-31-20-15-28(16-21-31)35(39,40)41)50-32-22-17-29(18-23-32)36(42,43)44;8-7(9,10)6-4-2-1-3-5-6/h15-24,27H,3-14,25-26H2,1-2H3;2-5H/q;-1/p+1. The number of nitrogens with one attached hydrogen (secondary N) is 1. The Labute approximate surface area is 349 Å². The Morgan fingerprint density at radius 2 is 0.836 bits per heavy atom. The quantitative estimate of drug-likeness (QED) is 0.0392. The van der Waals surface area contributed by atoms with Crippen LogP contribution in [0.25, 0.3) is 0 Å². The lowest BCUT2D eigenvalue weighted by atomic mass is 10.1. The molecule has 0 fully saturated rings. The molecule has 4 nitrogen and oxygen atoms in total. The van der Waals surface area contributed by atoms with E-state index in [4.69, 9.17) is 14.0 Å². The Bertz CT molecular complexity index is 1760. The van der Waals surface area contributed by atoms with E-state index in [1.807, 2.05) is 6.92 Å². The van der Waals surface area contributed by atoms with E-state index in [1.54, 1.807) is 0 Å². The number of quaternary nitrogens is 1. The SMILES string of the molecule is CCCCCCCCCCCCC[NH+](CCC)c1cc(C(F)(F)F)ccc1OB(Oc1ccc(C(F)(F)F)cc1)Oc1ccc(C(F)(F)F)cc1.FC(F)(F)c1cc[c-]cc1. The van der Waals surface area contributed by atoms with Gasteiger partial charge in [0, 0.05) is 6.07 Å². The van der Waals surface area contributed by atoms with E-state index in [0.29, 0.717) is 19.5 Å². The van der Waals surface area contributed by atoms with Crippen molar-refractivity contribution in [3.8, 4) is 17.2 Å². The third kappa shape index (κ3) is 18.5. The number of benzene rings is 4. The van der Waals surface area contributed by atoms with Gasteiger partial charge in [-0.3, -0.25) is 4.90 Å². The lowest BCUT2D eigenvalue weighted by molar-refractivity contribution is -0.833. The number of hydrogen-bond acceptors (Lipinski definition) is 3. The predicted molar refractivity (Wildman–Crippen MR) is 209 cm³/mol. The first-order valence-corrected chi connectivity index (χ1v) is 20.2. The average Bonchev–Trinajstić information content (AvgIpc) is 3.19. The van der Waals surface area contributed by atoms with Gasteiger partial charge in [0.05, 0.1) is 29.8 Å². The molecule has 17 heteroatoms. The molecule has 61 heavy (non-hydrogen) atoms. The van der Waals surface area contributed by atoms with Gasteiger partial charge >= 0.3 is 32.0 Å². The monoisotopic (exact) mass is 879 g/mol. The van der Waals surface area contributed by atoms with Crippen LogP contribution in [0, 0.1) is 6.07 Å². The van der Waals surface area contributed by atoms with Crippen LogP contribution in [0.1, 0.15) is 113 Å². The van der Waals surface area contributed by atoms with Crippen LogP contribution in [0.2, 0.25) is 0 Å². The Balaban J connectivity index is 0.000000866. The predicted octanol–water partition coefficient (Wildman–Crippen LogP) is 14.0. The van der Waals surface area contributed by atoms with Gasteiger partial charge in [0.25, 0.3) is 0 Å². The Morgan fingerprint density at radius 3 is 1.23 bits per heavy atom. The van der Waals surface area contributed by atoms with E-state index >= 15 is 0 Å². The van der Waals surface area contributed by atoms with Crippen LogP contribution < -0.4 is 18.9 Å². The second-order valence-electron chi connectivity index (χ2n) is 14.3. The van der Waals surface area contributed by atoms with E-state index in [0.717, 1.165) is 116 Å². The molecule has 1 N–H and O–H groups in total. The summed E-state index contributed by atoms with van der Waals surface area (Å²) < 4.78 is 173. The molecular formula is C44H50BF12NO3. The van der Waals surface area contributed by atoms with Gasteiger partial charge < -0.3 is 14.0 Å². The van der Waals surface area contributed by atoms with Crippen molar-refractivity contribution < 1.29 is 71.5 Å². The molecule has 1 atom stereocenters. The van der Waals surface area contributed by atoms with E-state index in [-0.39, 0.29) is 22.9 Å². The first-order valence-electron chi connectivity index (χ1n) is 20.2. The molecule has 0 saturated heterocycles. The minimum absolute atomic E-state index is 0.0432. The van der Waals surface area contributed by atoms with Gasteiger partial charge in [-0.2, -0.15) is 83.0 Å². The van der Waals surface area contributed by atoms with Crippen LogP contribution in [-0.2, 0) is 24.7 Å². The van der Waals surface area contributed by atoms with Crippen LogP contribution >= 0.6 is 0 Å². The fourth-order valence-electron chi connectivity index (χ4n) is 6.20. The van der Waals surface area contributed by atoms with E-state index in [1.165, 1.54) is 50.7 Å². The van der Waals surface area contributed by atoms with Gasteiger partial charge in [0.15, 0.2) is 11.4 Å². The lowest BCUT2D eigenvalue weighted by Crippen LogP contribution is -3.07. The Kier molecular flexibility index (Phi) is 20.2. The van der Waals surface area contributed by atoms with Crippen molar-refractivity contribution in [3.05, 3.63) is 119 Å². The summed E-state index contributed by atoms with van der Waals surface area (Å²) in [6.07, 6.45) is -5.25. The van der Waals surface area contributed by atoms with Gasteiger partial charge in [-0.05, 0) is 79.9 Å². The zero-order chi connectivity index (χ0) is 45.1.